The summed E-state index contributed by atoms with van der Waals surface area (Å²) in [6.07, 6.45) is 1.73. The van der Waals surface area contributed by atoms with Crippen LogP contribution in [0.5, 0.6) is 5.75 Å². The van der Waals surface area contributed by atoms with Gasteiger partial charge in [-0.1, -0.05) is 0 Å². The minimum absolute atomic E-state index is 0.0129. The summed E-state index contributed by atoms with van der Waals surface area (Å²) in [6, 6.07) is 8.66. The molecule has 6 nitrogen and oxygen atoms in total. The molecule has 0 unspecified atom stereocenters. The quantitative estimate of drug-likeness (QED) is 0.602. The van der Waals surface area contributed by atoms with E-state index in [2.05, 4.69) is 0 Å². The molecular formula is C19H19FN2O4. The van der Waals surface area contributed by atoms with Gasteiger partial charge in [-0.05, 0) is 55.2 Å². The van der Waals surface area contributed by atoms with E-state index in [-0.39, 0.29) is 30.4 Å². The van der Waals surface area contributed by atoms with Gasteiger partial charge in [-0.3, -0.25) is 14.9 Å². The lowest BCUT2D eigenvalue weighted by Crippen LogP contribution is -2.36. The van der Waals surface area contributed by atoms with Gasteiger partial charge < -0.3 is 9.64 Å². The lowest BCUT2D eigenvalue weighted by atomic mass is 9.97. The van der Waals surface area contributed by atoms with Gasteiger partial charge in [0, 0.05) is 24.4 Å². The molecule has 0 aromatic heterocycles. The van der Waals surface area contributed by atoms with E-state index in [1.807, 2.05) is 0 Å². The molecule has 0 N–H and O–H groups in total. The Balaban J connectivity index is 1.62. The van der Waals surface area contributed by atoms with Gasteiger partial charge in [-0.15, -0.1) is 0 Å². The molecule has 0 saturated carbocycles. The Kier molecular flexibility index (Phi) is 5.16. The van der Waals surface area contributed by atoms with Gasteiger partial charge in [0.15, 0.2) is 0 Å². The first kappa shape index (κ1) is 17.8. The van der Waals surface area contributed by atoms with E-state index < -0.39 is 4.92 Å². The fourth-order valence-electron chi connectivity index (χ4n) is 3.23. The van der Waals surface area contributed by atoms with Crippen LogP contribution >= 0.6 is 0 Å². The number of nitrogens with zero attached hydrogens (tertiary/aromatic N) is 2. The number of aryl methyl sites for hydroxylation is 2. The molecule has 0 fully saturated rings. The number of carbonyl (C=O) groups excluding carboxylic acids is 1. The van der Waals surface area contributed by atoms with Gasteiger partial charge in [0.25, 0.3) is 5.69 Å². The summed E-state index contributed by atoms with van der Waals surface area (Å²) >= 11 is 0. The van der Waals surface area contributed by atoms with Gasteiger partial charge in [0.05, 0.1) is 18.0 Å². The summed E-state index contributed by atoms with van der Waals surface area (Å²) < 4.78 is 19.1. The zero-order valence-corrected chi connectivity index (χ0v) is 14.4. The fourth-order valence-corrected chi connectivity index (χ4v) is 3.23. The summed E-state index contributed by atoms with van der Waals surface area (Å²) in [5, 5.41) is 10.6. The van der Waals surface area contributed by atoms with E-state index in [1.165, 1.54) is 36.4 Å². The average Bonchev–Trinajstić information content (AvgIpc) is 2.61. The van der Waals surface area contributed by atoms with Crippen molar-refractivity contribution in [3.8, 4) is 5.75 Å². The van der Waals surface area contributed by atoms with E-state index in [9.17, 15) is 19.3 Å². The molecule has 2 aromatic rings. The average molecular weight is 358 g/mol. The van der Waals surface area contributed by atoms with Crippen molar-refractivity contribution < 1.29 is 18.8 Å². The molecule has 1 aliphatic heterocycles. The molecule has 0 atom stereocenters. The lowest BCUT2D eigenvalue weighted by Gasteiger charge is -2.31. The molecule has 26 heavy (non-hydrogen) atoms. The molecule has 0 spiro atoms. The maximum atomic E-state index is 13.6. The van der Waals surface area contributed by atoms with Crippen molar-refractivity contribution >= 4 is 17.3 Å². The van der Waals surface area contributed by atoms with Gasteiger partial charge in [-0.25, -0.2) is 4.39 Å². The van der Waals surface area contributed by atoms with Crippen LogP contribution in [0.1, 0.15) is 24.0 Å². The summed E-state index contributed by atoms with van der Waals surface area (Å²) in [5.41, 5.74) is 2.40. The van der Waals surface area contributed by atoms with Crippen molar-refractivity contribution in [3.63, 3.8) is 0 Å². The largest absolute Gasteiger partial charge is 0.493 e. The van der Waals surface area contributed by atoms with Crippen LogP contribution in [0.4, 0.5) is 15.8 Å². The summed E-state index contributed by atoms with van der Waals surface area (Å²) in [5.74, 6) is 0.111. The first-order valence-electron chi connectivity index (χ1n) is 8.42. The van der Waals surface area contributed by atoms with E-state index >= 15 is 0 Å². The Labute approximate surface area is 150 Å². The number of hydrogen-bond acceptors (Lipinski definition) is 4. The second-order valence-corrected chi connectivity index (χ2v) is 6.23. The third-order valence-electron chi connectivity index (χ3n) is 4.38. The van der Waals surface area contributed by atoms with Crippen molar-refractivity contribution in [1.82, 2.24) is 0 Å². The summed E-state index contributed by atoms with van der Waals surface area (Å²) in [6.45, 7) is 2.58. The number of anilines is 1. The molecule has 1 aliphatic rings. The van der Waals surface area contributed by atoms with E-state index in [4.69, 9.17) is 4.74 Å². The van der Waals surface area contributed by atoms with Gasteiger partial charge in [0.2, 0.25) is 5.91 Å². The van der Waals surface area contributed by atoms with E-state index in [0.717, 1.165) is 29.7 Å². The normalized spacial score (nSPS) is 13.2. The zero-order chi connectivity index (χ0) is 18.7. The number of nitro groups is 1. The molecule has 0 saturated heterocycles. The Morgan fingerprint density at radius 2 is 2.04 bits per heavy atom. The highest BCUT2D eigenvalue weighted by Gasteiger charge is 2.24. The second-order valence-electron chi connectivity index (χ2n) is 6.23. The molecule has 136 valence electrons. The van der Waals surface area contributed by atoms with Crippen LogP contribution in [0, 0.1) is 22.9 Å². The predicted octanol–water partition coefficient (Wildman–Crippen LogP) is 3.79. The van der Waals surface area contributed by atoms with Crippen LogP contribution < -0.4 is 9.64 Å². The van der Waals surface area contributed by atoms with Crippen LogP contribution in [-0.4, -0.2) is 24.0 Å². The third kappa shape index (κ3) is 3.82. The molecular weight excluding hydrogens is 339 g/mol. The first-order chi connectivity index (χ1) is 12.5. The molecule has 0 radical (unpaired) electrons. The number of nitro benzene ring substituents is 1. The van der Waals surface area contributed by atoms with Crippen LogP contribution in [0.3, 0.4) is 0 Å². The van der Waals surface area contributed by atoms with E-state index in [0.29, 0.717) is 12.3 Å². The highest BCUT2D eigenvalue weighted by Crippen LogP contribution is 2.32. The molecule has 3 rings (SSSR count). The third-order valence-corrected chi connectivity index (χ3v) is 4.38. The lowest BCUT2D eigenvalue weighted by molar-refractivity contribution is -0.384. The number of fused-ring (bicyclic) bond motifs is 1. The van der Waals surface area contributed by atoms with Crippen molar-refractivity contribution in [2.24, 2.45) is 0 Å². The van der Waals surface area contributed by atoms with Gasteiger partial charge in [0.1, 0.15) is 11.6 Å². The standard InChI is InChI=1S/C19H19FN2O4/c1-13-11-15(20)12-14-3-2-9-21(19(13)14)18(23)8-10-26-17-6-4-16(5-7-17)22(24)25/h4-7,11-12H,2-3,8-10H2,1H3. The van der Waals surface area contributed by atoms with Crippen molar-refractivity contribution in [1.29, 1.82) is 0 Å². The minimum Gasteiger partial charge on any atom is -0.493 e. The van der Waals surface area contributed by atoms with E-state index in [1.54, 1.807) is 11.8 Å². The number of hydrogen-bond donors (Lipinski definition) is 0. The molecule has 1 heterocycles. The molecule has 1 amide bonds. The van der Waals surface area contributed by atoms with Gasteiger partial charge >= 0.3 is 0 Å². The highest BCUT2D eigenvalue weighted by molar-refractivity contribution is 5.95. The summed E-state index contributed by atoms with van der Waals surface area (Å²) in [4.78, 5) is 24.4. The zero-order valence-electron chi connectivity index (χ0n) is 14.4. The van der Waals surface area contributed by atoms with Crippen molar-refractivity contribution in [2.45, 2.75) is 26.2 Å². The minimum atomic E-state index is -0.480. The van der Waals surface area contributed by atoms with Crippen molar-refractivity contribution in [2.75, 3.05) is 18.1 Å². The molecule has 0 bridgehead atoms. The molecule has 2 aromatic carbocycles. The van der Waals surface area contributed by atoms with Crippen LogP contribution in [-0.2, 0) is 11.2 Å². The maximum Gasteiger partial charge on any atom is 0.269 e. The smallest absolute Gasteiger partial charge is 0.269 e. The molecule has 0 aliphatic carbocycles. The number of benzene rings is 2. The Hall–Kier alpha value is -2.96. The highest BCUT2D eigenvalue weighted by atomic mass is 19.1. The van der Waals surface area contributed by atoms with Crippen LogP contribution in [0.15, 0.2) is 36.4 Å². The Bertz CT molecular complexity index is 836. The number of carbonyl (C=O) groups is 1. The molecule has 7 heteroatoms. The monoisotopic (exact) mass is 358 g/mol. The number of ether oxygens (including phenoxy) is 1. The van der Waals surface area contributed by atoms with Crippen LogP contribution in [0.25, 0.3) is 0 Å². The predicted molar refractivity (Wildman–Crippen MR) is 95.0 cm³/mol. The first-order valence-corrected chi connectivity index (χ1v) is 8.42. The summed E-state index contributed by atoms with van der Waals surface area (Å²) in [7, 11) is 0. The topological polar surface area (TPSA) is 72.7 Å². The number of non-ortho nitro benzene ring substituents is 1. The number of amides is 1. The van der Waals surface area contributed by atoms with Crippen LogP contribution in [0.2, 0.25) is 0 Å². The number of halogens is 1. The SMILES string of the molecule is Cc1cc(F)cc2c1N(C(=O)CCOc1ccc([N+](=O)[O-])cc1)CCC2. The Morgan fingerprint density at radius 3 is 2.73 bits per heavy atom. The fraction of sp³-hybridized carbons (Fsp3) is 0.316. The van der Waals surface area contributed by atoms with Crippen molar-refractivity contribution in [3.05, 3.63) is 63.5 Å². The van der Waals surface area contributed by atoms with Gasteiger partial charge in [-0.2, -0.15) is 0 Å². The number of rotatable bonds is 5. The maximum absolute atomic E-state index is 13.6. The second kappa shape index (κ2) is 7.51. The Morgan fingerprint density at radius 1 is 1.31 bits per heavy atom.